The lowest BCUT2D eigenvalue weighted by Gasteiger charge is -2.33. The molecule has 5 aromatic rings. The first kappa shape index (κ1) is 59.7. The number of carbonyl (C=O) groups is 3. The van der Waals surface area contributed by atoms with Gasteiger partial charge in [-0.3, -0.25) is 28.1 Å². The average Bonchev–Trinajstić information content (AvgIpc) is 4.30. The number of rotatable bonds is 24. The van der Waals surface area contributed by atoms with Gasteiger partial charge in [0.1, 0.15) is 0 Å². The molecule has 76 heavy (non-hydrogen) atoms. The Morgan fingerprint density at radius 1 is 0.592 bits per heavy atom. The molecule has 6 atom stereocenters. The molecule has 7 rings (SSSR count). The first-order valence-corrected chi connectivity index (χ1v) is 30.8. The van der Waals surface area contributed by atoms with E-state index in [2.05, 4.69) is 67.0 Å². The van der Waals surface area contributed by atoms with E-state index in [0.29, 0.717) is 42.2 Å². The van der Waals surface area contributed by atoms with Crippen LogP contribution in [0.5, 0.6) is 0 Å². The molecule has 2 aliphatic rings. The Labute approximate surface area is 459 Å². The van der Waals surface area contributed by atoms with Crippen molar-refractivity contribution in [2.75, 3.05) is 26.2 Å². The highest BCUT2D eigenvalue weighted by atomic mass is 79.9. The molecule has 0 aliphatic heterocycles. The van der Waals surface area contributed by atoms with E-state index in [1.54, 1.807) is 6.92 Å². The number of benzene rings is 5. The van der Waals surface area contributed by atoms with Crippen molar-refractivity contribution in [3.8, 4) is 0 Å². The van der Waals surface area contributed by atoms with Crippen molar-refractivity contribution < 1.29 is 72.8 Å². The molecule has 0 saturated heterocycles. The van der Waals surface area contributed by atoms with Crippen molar-refractivity contribution in [3.05, 3.63) is 173 Å². The minimum absolute atomic E-state index is 0.0398. The zero-order valence-electron chi connectivity index (χ0n) is 40.5. The van der Waals surface area contributed by atoms with Crippen LogP contribution in [0.25, 0.3) is 0 Å². The molecule has 2 aliphatic carbocycles. The number of hydrogen-bond donors (Lipinski definition) is 4. The van der Waals surface area contributed by atoms with E-state index in [-0.39, 0.29) is 92.4 Å². The van der Waals surface area contributed by atoms with E-state index in [1.807, 2.05) is 60.7 Å². The van der Waals surface area contributed by atoms with Gasteiger partial charge >= 0.3 is 39.8 Å². The number of halogens is 9. The van der Waals surface area contributed by atoms with Crippen molar-refractivity contribution in [3.63, 3.8) is 0 Å². The Hall–Kier alpha value is -3.94. The van der Waals surface area contributed by atoms with Gasteiger partial charge in [0, 0.05) is 75.0 Å². The van der Waals surface area contributed by atoms with Crippen molar-refractivity contribution in [1.29, 1.82) is 0 Å². The number of nitrogens with zero attached hydrogens (tertiary/aromatic N) is 1. The third-order valence-electron chi connectivity index (χ3n) is 13.2. The minimum atomic E-state index is -7.58. The maximum Gasteiger partial charge on any atom is 0.419 e. The topological polar surface area (TPSA) is 189 Å². The summed E-state index contributed by atoms with van der Waals surface area (Å²) >= 11 is 8.62. The molecule has 0 aromatic heterocycles. The Bertz CT molecular complexity index is 2970. The van der Waals surface area contributed by atoms with E-state index in [4.69, 9.17) is 0 Å². The van der Waals surface area contributed by atoms with Crippen LogP contribution in [0, 0.1) is 11.8 Å². The summed E-state index contributed by atoms with van der Waals surface area (Å²) in [5.41, 5.74) is -17.6. The lowest BCUT2D eigenvalue weighted by Crippen LogP contribution is -2.30. The van der Waals surface area contributed by atoms with Gasteiger partial charge in [-0.15, -0.1) is 0 Å². The molecule has 25 heteroatoms. The molecule has 0 bridgehead atoms. The summed E-state index contributed by atoms with van der Waals surface area (Å²) in [5.74, 6) is -1.23. The standard InChI is InChI=1S/C51H51Br3F6N3O10P3/c1-3-63(31(2)64)25-22-34-16-19-43(46(54)28-34)51(59,60)76(71,72-74(67,68)49(55,56)41-17-14-32(26-44(41)52)20-23-61-47(65)39-29-37(39)35-10-6-4-7-11-35)73-75(69,70)50(57,58)42-18-15-33(27-45(42)53)21-24-62-48(66)40-30-38(40)36-12-8-5-9-13-36/h4-19,26-28,37-40H,3,20-25,29-30H2,1-2H3,(H,61,65)(H,62,66)(H,67,68)(H,69,70). The van der Waals surface area contributed by atoms with E-state index in [9.17, 15) is 37.9 Å². The maximum absolute atomic E-state index is 17.0. The van der Waals surface area contributed by atoms with Gasteiger partial charge < -0.3 is 25.3 Å². The smallest absolute Gasteiger partial charge is 0.356 e. The summed E-state index contributed by atoms with van der Waals surface area (Å²) in [6.45, 7) is 3.46. The van der Waals surface area contributed by atoms with Gasteiger partial charge in [0.15, 0.2) is 0 Å². The fourth-order valence-corrected chi connectivity index (χ4v) is 17.0. The van der Waals surface area contributed by atoms with Crippen LogP contribution >= 0.6 is 70.6 Å². The lowest BCUT2D eigenvalue weighted by atomic mass is 10.1. The normalized spacial score (nSPS) is 19.9. The van der Waals surface area contributed by atoms with Crippen molar-refractivity contribution >= 4 is 88.3 Å². The Morgan fingerprint density at radius 3 is 1.29 bits per heavy atom. The zero-order valence-corrected chi connectivity index (χ0v) is 47.9. The Kier molecular flexibility index (Phi) is 18.7. The molecule has 5 aromatic carbocycles. The second kappa shape index (κ2) is 23.8. The van der Waals surface area contributed by atoms with E-state index >= 15 is 26.3 Å². The highest BCUT2D eigenvalue weighted by Gasteiger charge is 2.69. The molecule has 0 radical (unpaired) electrons. The number of carbonyl (C=O) groups excluding carboxylic acids is 3. The second-order valence-corrected chi connectivity index (χ2v) is 27.0. The summed E-state index contributed by atoms with van der Waals surface area (Å²) in [4.78, 5) is 60.9. The molecular weight excluding hydrogens is 1260 g/mol. The van der Waals surface area contributed by atoms with E-state index in [1.165, 1.54) is 11.8 Å². The van der Waals surface area contributed by atoms with Gasteiger partial charge in [-0.1, -0.05) is 145 Å². The van der Waals surface area contributed by atoms with Gasteiger partial charge in [-0.25, -0.2) is 8.62 Å². The minimum Gasteiger partial charge on any atom is -0.356 e. The Balaban J connectivity index is 1.11. The molecule has 2 saturated carbocycles. The highest BCUT2D eigenvalue weighted by Crippen LogP contribution is 2.84. The third-order valence-corrected chi connectivity index (χ3v) is 21.5. The summed E-state index contributed by atoms with van der Waals surface area (Å²) in [6, 6.07) is 26.8. The lowest BCUT2D eigenvalue weighted by molar-refractivity contribution is -0.128. The van der Waals surface area contributed by atoms with Gasteiger partial charge in [0.05, 0.1) is 0 Å². The molecule has 408 valence electrons. The molecule has 13 nitrogen and oxygen atoms in total. The molecule has 3 amide bonds. The quantitative estimate of drug-likeness (QED) is 0.0342. The van der Waals surface area contributed by atoms with Crippen LogP contribution in [-0.2, 0) is 73.0 Å². The van der Waals surface area contributed by atoms with Crippen molar-refractivity contribution in [1.82, 2.24) is 15.5 Å². The Morgan fingerprint density at radius 2 is 0.947 bits per heavy atom. The molecule has 0 spiro atoms. The van der Waals surface area contributed by atoms with Crippen LogP contribution in [-0.4, -0.2) is 58.6 Å². The first-order chi connectivity index (χ1) is 35.6. The second-order valence-electron chi connectivity index (χ2n) is 18.4. The van der Waals surface area contributed by atoms with Crippen LogP contribution in [0.1, 0.15) is 83.0 Å². The predicted octanol–water partition coefficient (Wildman–Crippen LogP) is 13.5. The van der Waals surface area contributed by atoms with Gasteiger partial charge in [-0.05, 0) is 96.9 Å². The third kappa shape index (κ3) is 13.2. The fourth-order valence-electron chi connectivity index (χ4n) is 8.67. The summed E-state index contributed by atoms with van der Waals surface area (Å²) in [7, 11) is -22.1. The molecule has 6 unspecified atom stereocenters. The van der Waals surface area contributed by atoms with Crippen LogP contribution in [0.2, 0.25) is 0 Å². The predicted molar refractivity (Wildman–Crippen MR) is 283 cm³/mol. The SMILES string of the molecule is CCN(CCc1ccc(C(F)(F)P(=O)(OP(=O)(O)C(F)(F)c2ccc(CCNC(=O)C3CC3c3ccccc3)cc2Br)OP(=O)(O)C(F)(F)c2ccc(CCNC(=O)C3CC3c3ccccc3)cc2Br)c(Br)c1)C(C)=O. The number of likely N-dealkylation sites (N-methyl/N-ethyl adjacent to an activating group) is 1. The largest absolute Gasteiger partial charge is 0.419 e. The van der Waals surface area contributed by atoms with Crippen LogP contribution < -0.4 is 10.6 Å². The zero-order chi connectivity index (χ0) is 55.6. The number of hydrogen-bond acceptors (Lipinski definition) is 8. The number of amides is 3. The average molecular weight is 1310 g/mol. The van der Waals surface area contributed by atoms with Crippen molar-refractivity contribution in [2.24, 2.45) is 11.8 Å². The van der Waals surface area contributed by atoms with Crippen molar-refractivity contribution in [2.45, 2.75) is 74.8 Å². The summed E-state index contributed by atoms with van der Waals surface area (Å²) in [6.07, 6.45) is 1.45. The van der Waals surface area contributed by atoms with Gasteiger partial charge in [-0.2, -0.15) is 26.3 Å². The molecule has 2 fully saturated rings. The molecule has 4 N–H and O–H groups in total. The number of nitrogens with one attached hydrogen (secondary N) is 2. The van der Waals surface area contributed by atoms with E-state index in [0.717, 1.165) is 47.5 Å². The summed E-state index contributed by atoms with van der Waals surface area (Å²) in [5, 5.41) is 5.54. The van der Waals surface area contributed by atoms with Crippen LogP contribution in [0.3, 0.4) is 0 Å². The highest BCUT2D eigenvalue weighted by molar-refractivity contribution is 9.11. The first-order valence-electron chi connectivity index (χ1n) is 23.7. The van der Waals surface area contributed by atoms with Crippen LogP contribution in [0.4, 0.5) is 26.3 Å². The summed E-state index contributed by atoms with van der Waals surface area (Å²) < 4.78 is 149. The van der Waals surface area contributed by atoms with E-state index < -0.39 is 69.9 Å². The van der Waals surface area contributed by atoms with Gasteiger partial charge in [0.2, 0.25) is 17.7 Å². The monoisotopic (exact) mass is 1310 g/mol. The molecular formula is C51H51Br3F6N3O10P3. The van der Waals surface area contributed by atoms with Crippen LogP contribution in [0.15, 0.2) is 129 Å². The number of alkyl halides is 6. The van der Waals surface area contributed by atoms with Gasteiger partial charge in [0.25, 0.3) is 0 Å². The molecule has 0 heterocycles. The maximum atomic E-state index is 17.0. The fraction of sp³-hybridized carbons (Fsp3) is 0.353.